The molecule has 24 heavy (non-hydrogen) atoms. The number of halogens is 2. The molecule has 5 nitrogen and oxygen atoms in total. The largest absolute Gasteiger partial charge is 0.478 e. The average Bonchev–Trinajstić information content (AvgIpc) is 2.49. The highest BCUT2D eigenvalue weighted by molar-refractivity contribution is 7.80. The minimum atomic E-state index is -1.20. The number of anilines is 1. The second-order valence-corrected chi connectivity index (χ2v) is 6.06. The number of carboxylic acid groups (broad SMARTS) is 1. The molecule has 0 spiro atoms. The van der Waals surface area contributed by atoms with Crippen molar-refractivity contribution in [3.8, 4) is 0 Å². The Kier molecular flexibility index (Phi) is 5.77. The smallest absolute Gasteiger partial charge is 0.337 e. The lowest BCUT2D eigenvalue weighted by Crippen LogP contribution is -2.34. The van der Waals surface area contributed by atoms with Crippen LogP contribution in [0.2, 0.25) is 10.0 Å². The zero-order valence-electron chi connectivity index (χ0n) is 12.4. The number of thiocarbonyl (C=S) groups is 1. The van der Waals surface area contributed by atoms with Crippen LogP contribution in [0.1, 0.15) is 26.3 Å². The Morgan fingerprint density at radius 3 is 2.38 bits per heavy atom. The van der Waals surface area contributed by atoms with Gasteiger partial charge < -0.3 is 10.4 Å². The first-order valence-corrected chi connectivity index (χ1v) is 7.86. The Hall–Kier alpha value is -2.15. The van der Waals surface area contributed by atoms with E-state index >= 15 is 0 Å². The Morgan fingerprint density at radius 2 is 1.75 bits per heavy atom. The summed E-state index contributed by atoms with van der Waals surface area (Å²) in [6.45, 7) is 1.81. The van der Waals surface area contributed by atoms with E-state index in [1.165, 1.54) is 12.1 Å². The summed E-state index contributed by atoms with van der Waals surface area (Å²) in [7, 11) is 0. The third kappa shape index (κ3) is 4.23. The fourth-order valence-electron chi connectivity index (χ4n) is 1.96. The molecule has 0 aliphatic heterocycles. The van der Waals surface area contributed by atoms with Gasteiger partial charge in [-0.3, -0.25) is 10.1 Å². The predicted molar refractivity (Wildman–Crippen MR) is 98.3 cm³/mol. The second-order valence-electron chi connectivity index (χ2n) is 4.84. The van der Waals surface area contributed by atoms with Crippen LogP contribution in [-0.2, 0) is 0 Å². The van der Waals surface area contributed by atoms with Crippen LogP contribution in [-0.4, -0.2) is 22.1 Å². The maximum absolute atomic E-state index is 12.2. The number of hydrogen-bond donors (Lipinski definition) is 3. The van der Waals surface area contributed by atoms with Gasteiger partial charge in [0.25, 0.3) is 5.91 Å². The molecule has 0 atom stereocenters. The lowest BCUT2D eigenvalue weighted by molar-refractivity contribution is 0.0697. The van der Waals surface area contributed by atoms with Crippen molar-refractivity contribution < 1.29 is 14.7 Å². The van der Waals surface area contributed by atoms with Gasteiger partial charge in [0.2, 0.25) is 0 Å². The van der Waals surface area contributed by atoms with Crippen molar-refractivity contribution in [1.82, 2.24) is 5.32 Å². The highest BCUT2D eigenvalue weighted by atomic mass is 35.5. The molecular weight excluding hydrogens is 371 g/mol. The number of hydrogen-bond acceptors (Lipinski definition) is 3. The number of carbonyl (C=O) groups is 2. The van der Waals surface area contributed by atoms with E-state index in [4.69, 9.17) is 40.5 Å². The number of aromatic carboxylic acids is 1. The van der Waals surface area contributed by atoms with Crippen LogP contribution in [0.3, 0.4) is 0 Å². The van der Waals surface area contributed by atoms with Gasteiger partial charge in [-0.25, -0.2) is 4.79 Å². The molecule has 0 bridgehead atoms. The van der Waals surface area contributed by atoms with Gasteiger partial charge >= 0.3 is 5.97 Å². The maximum atomic E-state index is 12.2. The van der Waals surface area contributed by atoms with Gasteiger partial charge in [0, 0.05) is 5.56 Å². The minimum absolute atomic E-state index is 0.00733. The van der Waals surface area contributed by atoms with Crippen LogP contribution in [0, 0.1) is 6.92 Å². The highest BCUT2D eigenvalue weighted by Gasteiger charge is 2.15. The lowest BCUT2D eigenvalue weighted by atomic mass is 10.1. The van der Waals surface area contributed by atoms with E-state index in [-0.39, 0.29) is 32.3 Å². The molecule has 0 radical (unpaired) electrons. The SMILES string of the molecule is Cc1ccccc1C(=O)NC(=S)Nc1cc(C(=O)O)c(Cl)cc1Cl. The summed E-state index contributed by atoms with van der Waals surface area (Å²) in [5.41, 5.74) is 1.38. The minimum Gasteiger partial charge on any atom is -0.478 e. The van der Waals surface area contributed by atoms with Gasteiger partial charge in [-0.1, -0.05) is 41.4 Å². The van der Waals surface area contributed by atoms with Crippen molar-refractivity contribution in [1.29, 1.82) is 0 Å². The predicted octanol–water partition coefficient (Wildman–Crippen LogP) is 4.13. The Morgan fingerprint density at radius 1 is 1.08 bits per heavy atom. The van der Waals surface area contributed by atoms with E-state index in [9.17, 15) is 9.59 Å². The van der Waals surface area contributed by atoms with Crippen LogP contribution in [0.15, 0.2) is 36.4 Å². The van der Waals surface area contributed by atoms with Crippen LogP contribution >= 0.6 is 35.4 Å². The van der Waals surface area contributed by atoms with Crippen LogP contribution in [0.5, 0.6) is 0 Å². The van der Waals surface area contributed by atoms with Crippen molar-refractivity contribution in [3.63, 3.8) is 0 Å². The molecule has 0 aliphatic carbocycles. The Balaban J connectivity index is 2.16. The van der Waals surface area contributed by atoms with E-state index < -0.39 is 5.97 Å². The molecule has 2 aromatic rings. The number of carbonyl (C=O) groups excluding carboxylic acids is 1. The van der Waals surface area contributed by atoms with E-state index in [2.05, 4.69) is 10.6 Å². The number of carboxylic acids is 1. The number of nitrogens with one attached hydrogen (secondary N) is 2. The van der Waals surface area contributed by atoms with Gasteiger partial charge in [-0.05, 0) is 42.9 Å². The molecule has 0 aliphatic rings. The van der Waals surface area contributed by atoms with Gasteiger partial charge in [-0.15, -0.1) is 0 Å². The third-order valence-corrected chi connectivity index (χ3v) is 3.98. The van der Waals surface area contributed by atoms with Crippen LogP contribution < -0.4 is 10.6 Å². The Labute approximate surface area is 153 Å². The molecule has 0 fully saturated rings. The van der Waals surface area contributed by atoms with Crippen LogP contribution in [0.4, 0.5) is 5.69 Å². The van der Waals surface area contributed by atoms with E-state index in [0.29, 0.717) is 5.56 Å². The molecule has 124 valence electrons. The number of rotatable bonds is 3. The van der Waals surface area contributed by atoms with Crippen molar-refractivity contribution in [2.45, 2.75) is 6.92 Å². The second kappa shape index (κ2) is 7.61. The van der Waals surface area contributed by atoms with Gasteiger partial charge in [0.15, 0.2) is 5.11 Å². The summed E-state index contributed by atoms with van der Waals surface area (Å²) < 4.78 is 0. The first kappa shape index (κ1) is 18.2. The molecular formula is C16H12Cl2N2O3S. The molecule has 0 heterocycles. The van der Waals surface area contributed by atoms with Gasteiger partial charge in [0.05, 0.1) is 21.3 Å². The molecule has 3 N–H and O–H groups in total. The molecule has 2 rings (SSSR count). The maximum Gasteiger partial charge on any atom is 0.337 e. The van der Waals surface area contributed by atoms with Crippen molar-refractivity contribution in [2.24, 2.45) is 0 Å². The fourth-order valence-corrected chi connectivity index (χ4v) is 2.67. The summed E-state index contributed by atoms with van der Waals surface area (Å²) in [6, 6.07) is 9.59. The molecule has 0 unspecified atom stereocenters. The van der Waals surface area contributed by atoms with Crippen LogP contribution in [0.25, 0.3) is 0 Å². The molecule has 2 aromatic carbocycles. The third-order valence-electron chi connectivity index (χ3n) is 3.15. The zero-order chi connectivity index (χ0) is 17.9. The summed E-state index contributed by atoms with van der Waals surface area (Å²) in [6.07, 6.45) is 0. The van der Waals surface area contributed by atoms with Gasteiger partial charge in [-0.2, -0.15) is 0 Å². The topological polar surface area (TPSA) is 78.4 Å². The van der Waals surface area contributed by atoms with Crippen molar-refractivity contribution >= 4 is 58.1 Å². The van der Waals surface area contributed by atoms with E-state index in [1.807, 2.05) is 6.07 Å². The van der Waals surface area contributed by atoms with Crippen molar-refractivity contribution in [2.75, 3.05) is 5.32 Å². The monoisotopic (exact) mass is 382 g/mol. The van der Waals surface area contributed by atoms with Gasteiger partial charge in [0.1, 0.15) is 0 Å². The molecule has 1 amide bonds. The standard InChI is InChI=1S/C16H12Cl2N2O3S/c1-8-4-2-3-5-9(8)14(21)20-16(24)19-13-6-10(15(22)23)11(17)7-12(13)18/h2-7H,1H3,(H,22,23)(H2,19,20,21,24). The summed E-state index contributed by atoms with van der Waals surface area (Å²) in [5, 5.41) is 14.5. The summed E-state index contributed by atoms with van der Waals surface area (Å²) >= 11 is 16.9. The van der Waals surface area contributed by atoms with E-state index in [1.54, 1.807) is 25.1 Å². The molecule has 0 saturated carbocycles. The first-order valence-electron chi connectivity index (χ1n) is 6.70. The fraction of sp³-hybridized carbons (Fsp3) is 0.0625. The molecule has 8 heteroatoms. The quantitative estimate of drug-likeness (QED) is 0.695. The zero-order valence-corrected chi connectivity index (χ0v) is 14.7. The Bertz CT molecular complexity index is 840. The lowest BCUT2D eigenvalue weighted by Gasteiger charge is -2.13. The molecule has 0 saturated heterocycles. The van der Waals surface area contributed by atoms with E-state index in [0.717, 1.165) is 5.56 Å². The number of benzene rings is 2. The highest BCUT2D eigenvalue weighted by Crippen LogP contribution is 2.29. The summed E-state index contributed by atoms with van der Waals surface area (Å²) in [5.74, 6) is -1.58. The van der Waals surface area contributed by atoms with Crippen molar-refractivity contribution in [3.05, 3.63) is 63.1 Å². The summed E-state index contributed by atoms with van der Waals surface area (Å²) in [4.78, 5) is 23.3. The molecule has 0 aromatic heterocycles. The normalized spacial score (nSPS) is 10.1. The number of aryl methyl sites for hydroxylation is 1. The first-order chi connectivity index (χ1) is 11.3. The number of amides is 1. The average molecular weight is 383 g/mol.